The third kappa shape index (κ3) is 2.07. The molecular weight excluding hydrogens is 306 g/mol. The maximum Gasteiger partial charge on any atom is 0.193 e. The minimum Gasteiger partial charge on any atom is -0.325 e. The number of fused-ring (bicyclic) bond motifs is 1. The molecule has 0 aliphatic carbocycles. The molecule has 0 aromatic carbocycles. The second-order valence-electron chi connectivity index (χ2n) is 2.03. The molecule has 0 saturated carbocycles. The van der Waals surface area contributed by atoms with Crippen molar-refractivity contribution in [1.82, 2.24) is 9.38 Å². The van der Waals surface area contributed by atoms with E-state index in [2.05, 4.69) is 4.98 Å². The van der Waals surface area contributed by atoms with Gasteiger partial charge in [-0.3, -0.25) is 4.40 Å². The first-order valence-corrected chi connectivity index (χ1v) is 3.89. The Morgan fingerprint density at radius 2 is 2.25 bits per heavy atom. The average molecular weight is 315 g/mol. The second-order valence-corrected chi connectivity index (χ2v) is 2.90. The van der Waals surface area contributed by atoms with E-state index in [0.717, 1.165) is 10.7 Å². The normalized spacial score (nSPS) is 9.08. The maximum absolute atomic E-state index is 5.40. The number of aromatic nitrogens is 2. The number of nitrogens with two attached hydrogens (primary N) is 1. The molecule has 0 spiro atoms. The van der Waals surface area contributed by atoms with E-state index < -0.39 is 0 Å². The molecule has 3 nitrogen and oxygen atoms in total. The lowest BCUT2D eigenvalue weighted by Crippen LogP contribution is -1.95. The molecule has 0 bridgehead atoms. The van der Waals surface area contributed by atoms with E-state index in [9.17, 15) is 0 Å². The van der Waals surface area contributed by atoms with E-state index in [0.29, 0.717) is 6.54 Å². The highest BCUT2D eigenvalue weighted by molar-refractivity contribution is 8.93. The summed E-state index contributed by atoms with van der Waals surface area (Å²) in [6.07, 6.45) is 3.93. The summed E-state index contributed by atoms with van der Waals surface area (Å²) >= 11 is 1.62. The smallest absolute Gasteiger partial charge is 0.193 e. The zero-order valence-corrected chi connectivity index (χ0v) is 10.4. The molecular formula is C6H9Br2N3S. The van der Waals surface area contributed by atoms with Crippen LogP contribution in [0.1, 0.15) is 5.69 Å². The van der Waals surface area contributed by atoms with Crippen LogP contribution in [0.5, 0.6) is 0 Å². The van der Waals surface area contributed by atoms with Gasteiger partial charge in [0.15, 0.2) is 4.96 Å². The molecule has 68 valence electrons. The van der Waals surface area contributed by atoms with Gasteiger partial charge in [-0.05, 0) is 0 Å². The Morgan fingerprint density at radius 3 is 2.83 bits per heavy atom. The Kier molecular flexibility index (Phi) is 5.00. The van der Waals surface area contributed by atoms with E-state index in [1.165, 1.54) is 0 Å². The van der Waals surface area contributed by atoms with E-state index >= 15 is 0 Å². The van der Waals surface area contributed by atoms with Crippen LogP contribution in [0.4, 0.5) is 0 Å². The van der Waals surface area contributed by atoms with Gasteiger partial charge in [0.1, 0.15) is 0 Å². The van der Waals surface area contributed by atoms with Crippen LogP contribution >= 0.6 is 45.3 Å². The van der Waals surface area contributed by atoms with Crippen molar-refractivity contribution in [2.75, 3.05) is 0 Å². The number of imidazole rings is 1. The summed E-state index contributed by atoms with van der Waals surface area (Å²) in [5.74, 6) is 0. The Balaban J connectivity index is 0.000000605. The van der Waals surface area contributed by atoms with Crippen LogP contribution in [0.2, 0.25) is 0 Å². The molecule has 2 rings (SSSR count). The molecule has 0 saturated heterocycles. The molecule has 2 heterocycles. The summed E-state index contributed by atoms with van der Waals surface area (Å²) < 4.78 is 1.98. The van der Waals surface area contributed by atoms with Crippen LogP contribution in [0.3, 0.4) is 0 Å². The summed E-state index contributed by atoms with van der Waals surface area (Å²) in [5, 5.41) is 2.00. The fourth-order valence-electron chi connectivity index (χ4n) is 0.874. The van der Waals surface area contributed by atoms with Crippen molar-refractivity contribution in [1.29, 1.82) is 0 Å². The summed E-state index contributed by atoms with van der Waals surface area (Å²) in [6, 6.07) is 0. The molecule has 0 fully saturated rings. The molecule has 0 radical (unpaired) electrons. The topological polar surface area (TPSA) is 43.3 Å². The summed E-state index contributed by atoms with van der Waals surface area (Å²) in [5.41, 5.74) is 6.35. The second kappa shape index (κ2) is 4.96. The molecule has 12 heavy (non-hydrogen) atoms. The van der Waals surface area contributed by atoms with Crippen LogP contribution in [0.15, 0.2) is 17.8 Å². The van der Waals surface area contributed by atoms with Crippen molar-refractivity contribution in [3.8, 4) is 0 Å². The van der Waals surface area contributed by atoms with Crippen LogP contribution < -0.4 is 5.73 Å². The zero-order valence-electron chi connectivity index (χ0n) is 6.14. The number of nitrogens with zero attached hydrogens (tertiary/aromatic N) is 2. The molecule has 0 atom stereocenters. The molecule has 2 N–H and O–H groups in total. The Hall–Kier alpha value is 0.0900. The van der Waals surface area contributed by atoms with Crippen LogP contribution in [0, 0.1) is 0 Å². The monoisotopic (exact) mass is 313 g/mol. The van der Waals surface area contributed by atoms with Gasteiger partial charge in [-0.2, -0.15) is 0 Å². The SMILES string of the molecule is Br.Br.NCc1cn2ccsc2n1. The summed E-state index contributed by atoms with van der Waals surface area (Å²) in [6.45, 7) is 0.522. The number of halogens is 2. The first-order chi connectivity index (χ1) is 4.90. The van der Waals surface area contributed by atoms with Crippen molar-refractivity contribution < 1.29 is 0 Å². The van der Waals surface area contributed by atoms with Gasteiger partial charge in [-0.15, -0.1) is 45.3 Å². The van der Waals surface area contributed by atoms with Gasteiger partial charge < -0.3 is 5.73 Å². The van der Waals surface area contributed by atoms with E-state index in [1.807, 2.05) is 22.2 Å². The number of rotatable bonds is 1. The number of hydrogen-bond acceptors (Lipinski definition) is 3. The summed E-state index contributed by atoms with van der Waals surface area (Å²) in [4.78, 5) is 5.26. The number of hydrogen-bond donors (Lipinski definition) is 1. The minimum atomic E-state index is 0. The van der Waals surface area contributed by atoms with Gasteiger partial charge in [-0.1, -0.05) is 0 Å². The van der Waals surface area contributed by atoms with E-state index in [4.69, 9.17) is 5.73 Å². The molecule has 2 aromatic heterocycles. The van der Waals surface area contributed by atoms with Crippen LogP contribution in [0.25, 0.3) is 4.96 Å². The Labute approximate surface area is 95.1 Å². The highest BCUT2D eigenvalue weighted by atomic mass is 79.9. The molecule has 2 aromatic rings. The fraction of sp³-hybridized carbons (Fsp3) is 0.167. The van der Waals surface area contributed by atoms with Crippen molar-refractivity contribution in [3.05, 3.63) is 23.5 Å². The molecule has 0 unspecified atom stereocenters. The van der Waals surface area contributed by atoms with E-state index in [1.54, 1.807) is 11.3 Å². The van der Waals surface area contributed by atoms with Gasteiger partial charge in [0.2, 0.25) is 0 Å². The minimum absolute atomic E-state index is 0. The Morgan fingerprint density at radius 1 is 1.50 bits per heavy atom. The Bertz CT molecular complexity index is 315. The first-order valence-electron chi connectivity index (χ1n) is 3.01. The lowest BCUT2D eigenvalue weighted by Gasteiger charge is -1.79. The van der Waals surface area contributed by atoms with Crippen LogP contribution in [-0.2, 0) is 6.54 Å². The highest BCUT2D eigenvalue weighted by Crippen LogP contribution is 2.10. The predicted molar refractivity (Wildman–Crippen MR) is 61.6 cm³/mol. The molecule has 6 heteroatoms. The molecule has 0 aliphatic rings. The molecule has 0 amide bonds. The third-order valence-electron chi connectivity index (χ3n) is 1.35. The van der Waals surface area contributed by atoms with Gasteiger partial charge in [0.25, 0.3) is 0 Å². The van der Waals surface area contributed by atoms with Crippen molar-refractivity contribution in [2.45, 2.75) is 6.54 Å². The van der Waals surface area contributed by atoms with Crippen molar-refractivity contribution >= 4 is 50.3 Å². The first kappa shape index (κ1) is 12.1. The van der Waals surface area contributed by atoms with Gasteiger partial charge in [0.05, 0.1) is 5.69 Å². The van der Waals surface area contributed by atoms with Crippen LogP contribution in [-0.4, -0.2) is 9.38 Å². The lowest BCUT2D eigenvalue weighted by molar-refractivity contribution is 1.02. The fourth-order valence-corrected chi connectivity index (χ4v) is 1.59. The standard InChI is InChI=1S/C6H7N3S.2BrH/c7-3-5-4-9-1-2-10-6(9)8-5;;/h1-2,4H,3,7H2;2*1H. The van der Waals surface area contributed by atoms with Crippen molar-refractivity contribution in [2.24, 2.45) is 5.73 Å². The lowest BCUT2D eigenvalue weighted by atomic mass is 10.5. The van der Waals surface area contributed by atoms with Gasteiger partial charge in [0, 0.05) is 24.3 Å². The van der Waals surface area contributed by atoms with Gasteiger partial charge >= 0.3 is 0 Å². The number of thiazole rings is 1. The third-order valence-corrected chi connectivity index (χ3v) is 2.12. The van der Waals surface area contributed by atoms with Crippen molar-refractivity contribution in [3.63, 3.8) is 0 Å². The predicted octanol–water partition coefficient (Wildman–Crippen LogP) is 2.01. The highest BCUT2D eigenvalue weighted by Gasteiger charge is 1.98. The summed E-state index contributed by atoms with van der Waals surface area (Å²) in [7, 11) is 0. The van der Waals surface area contributed by atoms with E-state index in [-0.39, 0.29) is 34.0 Å². The molecule has 0 aliphatic heterocycles. The largest absolute Gasteiger partial charge is 0.325 e. The zero-order chi connectivity index (χ0) is 6.97. The quantitative estimate of drug-likeness (QED) is 0.875. The van der Waals surface area contributed by atoms with Gasteiger partial charge in [-0.25, -0.2) is 4.98 Å². The maximum atomic E-state index is 5.40. The average Bonchev–Trinajstić information content (AvgIpc) is 2.42.